The van der Waals surface area contributed by atoms with Crippen molar-refractivity contribution in [2.75, 3.05) is 18.1 Å². The summed E-state index contributed by atoms with van der Waals surface area (Å²) in [5.74, 6) is 1.87. The summed E-state index contributed by atoms with van der Waals surface area (Å²) in [4.78, 5) is 11.3. The highest BCUT2D eigenvalue weighted by atomic mass is 16.5. The van der Waals surface area contributed by atoms with Crippen molar-refractivity contribution in [2.45, 2.75) is 20.4 Å². The zero-order valence-corrected chi connectivity index (χ0v) is 16.9. The highest BCUT2D eigenvalue weighted by Gasteiger charge is 2.13. The Kier molecular flexibility index (Phi) is 5.71. The fraction of sp³-hybridized carbons (Fsp3) is 0.200. The van der Waals surface area contributed by atoms with Crippen LogP contribution < -0.4 is 9.64 Å². The minimum absolute atomic E-state index is 0.578. The molecule has 0 aliphatic carbocycles. The average Bonchev–Trinajstić information content (AvgIpc) is 2.75. The van der Waals surface area contributed by atoms with Crippen LogP contribution in [0.5, 0.6) is 5.75 Å². The van der Waals surface area contributed by atoms with Gasteiger partial charge < -0.3 is 9.64 Å². The summed E-state index contributed by atoms with van der Waals surface area (Å²) >= 11 is 0. The average molecular weight is 383 g/mol. The largest absolute Gasteiger partial charge is 0.491 e. The van der Waals surface area contributed by atoms with Gasteiger partial charge in [0.25, 0.3) is 0 Å². The Hall–Kier alpha value is -3.40. The predicted molar refractivity (Wildman–Crippen MR) is 118 cm³/mol. The molecule has 1 heterocycles. The van der Waals surface area contributed by atoms with Crippen LogP contribution in [0, 0.1) is 13.8 Å². The van der Waals surface area contributed by atoms with Gasteiger partial charge in [-0.05, 0) is 43.2 Å². The van der Waals surface area contributed by atoms with Crippen LogP contribution in [0.4, 0.5) is 5.82 Å². The zero-order chi connectivity index (χ0) is 20.1. The van der Waals surface area contributed by atoms with E-state index in [0.29, 0.717) is 6.61 Å². The number of aromatic nitrogens is 2. The van der Waals surface area contributed by atoms with Gasteiger partial charge >= 0.3 is 0 Å². The maximum absolute atomic E-state index is 6.11. The predicted octanol–water partition coefficient (Wildman–Crippen LogP) is 5.33. The smallest absolute Gasteiger partial charge is 0.140 e. The van der Waals surface area contributed by atoms with Crippen LogP contribution in [0.15, 0.2) is 79.1 Å². The summed E-state index contributed by atoms with van der Waals surface area (Å²) in [5.41, 5.74) is 4.59. The number of hydrogen-bond acceptors (Lipinski definition) is 4. The van der Waals surface area contributed by atoms with Gasteiger partial charge in [0.05, 0.1) is 12.1 Å². The SMILES string of the molecule is Cc1ccc(OCCN(Cc2ccccc2)c2ncnc3ccccc23)c(C)c1. The van der Waals surface area contributed by atoms with E-state index in [9.17, 15) is 0 Å². The molecular weight excluding hydrogens is 358 g/mol. The molecule has 0 atom stereocenters. The number of benzene rings is 3. The molecule has 4 rings (SSSR count). The van der Waals surface area contributed by atoms with Crippen molar-refractivity contribution in [3.8, 4) is 5.75 Å². The number of anilines is 1. The summed E-state index contributed by atoms with van der Waals surface area (Å²) in [6, 6.07) is 24.9. The topological polar surface area (TPSA) is 38.2 Å². The third-order valence-electron chi connectivity index (χ3n) is 4.99. The number of hydrogen-bond donors (Lipinski definition) is 0. The normalized spacial score (nSPS) is 10.8. The van der Waals surface area contributed by atoms with Gasteiger partial charge in [-0.15, -0.1) is 0 Å². The molecule has 4 heteroatoms. The first-order valence-electron chi connectivity index (χ1n) is 9.89. The molecule has 1 aromatic heterocycles. The summed E-state index contributed by atoms with van der Waals surface area (Å²) in [7, 11) is 0. The van der Waals surface area contributed by atoms with E-state index in [1.165, 1.54) is 11.1 Å². The van der Waals surface area contributed by atoms with E-state index < -0.39 is 0 Å². The van der Waals surface area contributed by atoms with E-state index >= 15 is 0 Å². The molecular formula is C25H25N3O. The molecule has 0 saturated heterocycles. The number of aryl methyl sites for hydroxylation is 2. The second-order valence-electron chi connectivity index (χ2n) is 7.24. The lowest BCUT2D eigenvalue weighted by atomic mass is 10.1. The van der Waals surface area contributed by atoms with E-state index in [4.69, 9.17) is 4.74 Å². The first kappa shape index (κ1) is 18.9. The molecule has 4 nitrogen and oxygen atoms in total. The van der Waals surface area contributed by atoms with E-state index in [1.807, 2.05) is 30.3 Å². The Morgan fingerprint density at radius 3 is 2.48 bits per heavy atom. The first-order valence-corrected chi connectivity index (χ1v) is 9.89. The molecule has 29 heavy (non-hydrogen) atoms. The highest BCUT2D eigenvalue weighted by Crippen LogP contribution is 2.24. The Balaban J connectivity index is 1.58. The van der Waals surface area contributed by atoms with Crippen LogP contribution >= 0.6 is 0 Å². The van der Waals surface area contributed by atoms with Gasteiger partial charge in [0, 0.05) is 11.9 Å². The molecule has 0 aliphatic heterocycles. The lowest BCUT2D eigenvalue weighted by Crippen LogP contribution is -2.29. The number of nitrogens with zero attached hydrogens (tertiary/aromatic N) is 3. The zero-order valence-electron chi connectivity index (χ0n) is 16.9. The third-order valence-corrected chi connectivity index (χ3v) is 4.99. The molecule has 146 valence electrons. The molecule has 0 unspecified atom stereocenters. The minimum atomic E-state index is 0.578. The van der Waals surface area contributed by atoms with Crippen molar-refractivity contribution in [1.29, 1.82) is 0 Å². The Morgan fingerprint density at radius 1 is 0.862 bits per heavy atom. The van der Waals surface area contributed by atoms with Crippen LogP contribution in [0.2, 0.25) is 0 Å². The fourth-order valence-electron chi connectivity index (χ4n) is 3.53. The Morgan fingerprint density at radius 2 is 1.66 bits per heavy atom. The van der Waals surface area contributed by atoms with Crippen LogP contribution in [0.25, 0.3) is 10.9 Å². The van der Waals surface area contributed by atoms with Crippen molar-refractivity contribution >= 4 is 16.7 Å². The molecule has 0 aliphatic rings. The number of ether oxygens (including phenoxy) is 1. The van der Waals surface area contributed by atoms with Gasteiger partial charge in [-0.1, -0.05) is 60.2 Å². The lowest BCUT2D eigenvalue weighted by Gasteiger charge is -2.25. The van der Waals surface area contributed by atoms with Crippen LogP contribution in [0.1, 0.15) is 16.7 Å². The number of fused-ring (bicyclic) bond motifs is 1. The minimum Gasteiger partial charge on any atom is -0.491 e. The molecule has 0 N–H and O–H groups in total. The van der Waals surface area contributed by atoms with Crippen molar-refractivity contribution in [1.82, 2.24) is 9.97 Å². The van der Waals surface area contributed by atoms with E-state index in [0.717, 1.165) is 41.1 Å². The van der Waals surface area contributed by atoms with Gasteiger partial charge in [-0.3, -0.25) is 0 Å². The van der Waals surface area contributed by atoms with E-state index in [2.05, 4.69) is 71.2 Å². The Bertz CT molecular complexity index is 1090. The van der Waals surface area contributed by atoms with Crippen LogP contribution in [-0.2, 0) is 6.54 Å². The fourth-order valence-corrected chi connectivity index (χ4v) is 3.53. The quantitative estimate of drug-likeness (QED) is 0.432. The monoisotopic (exact) mass is 383 g/mol. The van der Waals surface area contributed by atoms with Gasteiger partial charge in [0.2, 0.25) is 0 Å². The van der Waals surface area contributed by atoms with E-state index in [1.54, 1.807) is 6.33 Å². The molecule has 0 spiro atoms. The molecule has 0 saturated carbocycles. The summed E-state index contributed by atoms with van der Waals surface area (Å²) in [5, 5.41) is 1.05. The third kappa shape index (κ3) is 4.54. The highest BCUT2D eigenvalue weighted by molar-refractivity contribution is 5.89. The summed E-state index contributed by atoms with van der Waals surface area (Å²) in [6.45, 7) is 6.25. The molecule has 4 aromatic rings. The molecule has 3 aromatic carbocycles. The van der Waals surface area contributed by atoms with Gasteiger partial charge in [0.1, 0.15) is 24.5 Å². The number of rotatable bonds is 7. The van der Waals surface area contributed by atoms with Gasteiger partial charge in [-0.25, -0.2) is 9.97 Å². The molecule has 0 bridgehead atoms. The van der Waals surface area contributed by atoms with E-state index in [-0.39, 0.29) is 0 Å². The summed E-state index contributed by atoms with van der Waals surface area (Å²) < 4.78 is 6.11. The lowest BCUT2D eigenvalue weighted by molar-refractivity contribution is 0.321. The second kappa shape index (κ2) is 8.74. The first-order chi connectivity index (χ1) is 14.2. The van der Waals surface area contributed by atoms with Gasteiger partial charge in [-0.2, -0.15) is 0 Å². The van der Waals surface area contributed by atoms with Crippen LogP contribution in [-0.4, -0.2) is 23.1 Å². The second-order valence-corrected chi connectivity index (χ2v) is 7.24. The number of para-hydroxylation sites is 1. The molecule has 0 radical (unpaired) electrons. The van der Waals surface area contributed by atoms with Crippen LogP contribution in [0.3, 0.4) is 0 Å². The van der Waals surface area contributed by atoms with Gasteiger partial charge in [0.15, 0.2) is 0 Å². The van der Waals surface area contributed by atoms with Crippen molar-refractivity contribution < 1.29 is 4.74 Å². The standard InChI is InChI=1S/C25H25N3O/c1-19-12-13-24(20(2)16-19)29-15-14-28(17-21-8-4-3-5-9-21)25-22-10-6-7-11-23(22)26-18-27-25/h3-13,16,18H,14-15,17H2,1-2H3. The van der Waals surface area contributed by atoms with Crippen molar-refractivity contribution in [3.05, 3.63) is 95.8 Å². The van der Waals surface area contributed by atoms with Crippen molar-refractivity contribution in [3.63, 3.8) is 0 Å². The maximum Gasteiger partial charge on any atom is 0.140 e. The van der Waals surface area contributed by atoms with Crippen molar-refractivity contribution in [2.24, 2.45) is 0 Å². The maximum atomic E-state index is 6.11. The molecule has 0 amide bonds. The Labute approximate surface area is 171 Å². The molecule has 0 fully saturated rings. The summed E-state index contributed by atoms with van der Waals surface area (Å²) in [6.07, 6.45) is 1.64.